The number of nitrogens with two attached hydrogens (primary N) is 1. The van der Waals surface area contributed by atoms with Gasteiger partial charge in [-0.15, -0.1) is 0 Å². The van der Waals surface area contributed by atoms with Crippen LogP contribution in [0.4, 0.5) is 18.9 Å². The van der Waals surface area contributed by atoms with E-state index >= 15 is 0 Å². The maximum atomic E-state index is 13.0. The molecule has 20 heavy (non-hydrogen) atoms. The van der Waals surface area contributed by atoms with Crippen molar-refractivity contribution in [2.45, 2.75) is 26.9 Å². The van der Waals surface area contributed by atoms with E-state index in [4.69, 9.17) is 5.73 Å². The maximum absolute atomic E-state index is 13.0. The molecule has 112 valence electrons. The molecule has 0 aliphatic rings. The fourth-order valence-electron chi connectivity index (χ4n) is 1.62. The Morgan fingerprint density at radius 3 is 2.35 bits per heavy atom. The Morgan fingerprint density at radius 2 is 1.90 bits per heavy atom. The highest BCUT2D eigenvalue weighted by Gasteiger charge is 2.34. The first kappa shape index (κ1) is 16.8. The minimum Gasteiger partial charge on any atom is -0.389 e. The van der Waals surface area contributed by atoms with E-state index in [0.29, 0.717) is 24.1 Å². The molecule has 0 heterocycles. The average Bonchev–Trinajstić information content (AvgIpc) is 2.34. The van der Waals surface area contributed by atoms with E-state index in [2.05, 4.69) is 31.4 Å². The lowest BCUT2D eigenvalue weighted by molar-refractivity contribution is -0.137. The normalized spacial score (nSPS) is 13.3. The lowest BCUT2D eigenvalue weighted by atomic mass is 9.98. The van der Waals surface area contributed by atoms with E-state index in [0.717, 1.165) is 6.07 Å². The van der Waals surface area contributed by atoms with Crippen molar-refractivity contribution in [1.29, 1.82) is 0 Å². The van der Waals surface area contributed by atoms with E-state index < -0.39 is 11.7 Å². The molecular formula is C14H19F3N2S. The number of nitrogens with one attached hydrogen (secondary N) is 1. The summed E-state index contributed by atoms with van der Waals surface area (Å²) in [5.41, 5.74) is 4.81. The van der Waals surface area contributed by atoms with Crippen molar-refractivity contribution in [2.24, 2.45) is 17.6 Å². The van der Waals surface area contributed by atoms with Crippen LogP contribution in [0, 0.1) is 11.8 Å². The van der Waals surface area contributed by atoms with Crippen molar-refractivity contribution in [3.8, 4) is 0 Å². The lowest BCUT2D eigenvalue weighted by Gasteiger charge is -2.18. The number of benzene rings is 1. The Morgan fingerprint density at radius 1 is 1.30 bits per heavy atom. The van der Waals surface area contributed by atoms with Crippen LogP contribution in [0.5, 0.6) is 0 Å². The van der Waals surface area contributed by atoms with Gasteiger partial charge in [0.25, 0.3) is 0 Å². The third kappa shape index (κ3) is 4.37. The molecule has 3 N–H and O–H groups in total. The second-order valence-electron chi connectivity index (χ2n) is 5.22. The first-order valence-corrected chi connectivity index (χ1v) is 6.78. The van der Waals surface area contributed by atoms with Crippen molar-refractivity contribution < 1.29 is 13.2 Å². The lowest BCUT2D eigenvalue weighted by Crippen LogP contribution is -2.19. The number of alkyl halides is 3. The predicted molar refractivity (Wildman–Crippen MR) is 79.8 cm³/mol. The van der Waals surface area contributed by atoms with Crippen LogP contribution < -0.4 is 11.1 Å². The van der Waals surface area contributed by atoms with E-state index in [9.17, 15) is 13.2 Å². The Bertz CT molecular complexity index is 484. The Hall–Kier alpha value is -1.30. The molecule has 0 aliphatic heterocycles. The molecule has 0 radical (unpaired) electrons. The van der Waals surface area contributed by atoms with Crippen molar-refractivity contribution >= 4 is 22.9 Å². The highest BCUT2D eigenvalue weighted by atomic mass is 32.1. The Balaban J connectivity index is 2.99. The quantitative estimate of drug-likeness (QED) is 0.806. The first-order valence-electron chi connectivity index (χ1n) is 6.37. The maximum Gasteiger partial charge on any atom is 0.417 e. The minimum atomic E-state index is -4.47. The van der Waals surface area contributed by atoms with E-state index in [1.54, 1.807) is 6.07 Å². The zero-order chi connectivity index (χ0) is 15.5. The van der Waals surface area contributed by atoms with Crippen molar-refractivity contribution in [1.82, 2.24) is 0 Å². The molecule has 0 saturated heterocycles. The molecule has 0 amide bonds. The Labute approximate surface area is 122 Å². The molecule has 0 aromatic heterocycles. The molecule has 1 aromatic rings. The summed E-state index contributed by atoms with van der Waals surface area (Å²) in [6.07, 6.45) is -4.47. The SMILES string of the molecule is CC(C)C(C)CNc1ccc(C(N)=S)c(C(F)(F)F)c1. The van der Waals surface area contributed by atoms with Crippen LogP contribution >= 0.6 is 12.2 Å². The van der Waals surface area contributed by atoms with Gasteiger partial charge in [-0.3, -0.25) is 0 Å². The molecule has 1 atom stereocenters. The molecule has 1 aromatic carbocycles. The molecule has 6 heteroatoms. The third-order valence-corrected chi connectivity index (χ3v) is 3.58. The molecule has 0 saturated carbocycles. The summed E-state index contributed by atoms with van der Waals surface area (Å²) in [5.74, 6) is 0.820. The fourth-order valence-corrected chi connectivity index (χ4v) is 1.80. The Kier molecular flexibility index (Phi) is 5.39. The average molecular weight is 304 g/mol. The molecule has 0 bridgehead atoms. The van der Waals surface area contributed by atoms with Gasteiger partial charge in [0.2, 0.25) is 0 Å². The summed E-state index contributed by atoms with van der Waals surface area (Å²) in [7, 11) is 0. The number of halogens is 3. The van der Waals surface area contributed by atoms with Gasteiger partial charge in [0, 0.05) is 17.8 Å². The largest absolute Gasteiger partial charge is 0.417 e. The number of hydrogen-bond donors (Lipinski definition) is 2. The van der Waals surface area contributed by atoms with Crippen LogP contribution in [0.15, 0.2) is 18.2 Å². The zero-order valence-electron chi connectivity index (χ0n) is 11.7. The van der Waals surface area contributed by atoms with Gasteiger partial charge < -0.3 is 11.1 Å². The van der Waals surface area contributed by atoms with Crippen LogP contribution in [0.25, 0.3) is 0 Å². The summed E-state index contributed by atoms with van der Waals surface area (Å²) in [4.78, 5) is -0.251. The number of hydrogen-bond acceptors (Lipinski definition) is 2. The second-order valence-corrected chi connectivity index (χ2v) is 5.66. The van der Waals surface area contributed by atoms with Crippen LogP contribution in [0.2, 0.25) is 0 Å². The fraction of sp³-hybridized carbons (Fsp3) is 0.500. The summed E-state index contributed by atoms with van der Waals surface area (Å²) >= 11 is 4.66. The monoisotopic (exact) mass is 304 g/mol. The number of thiocarbonyl (C=S) groups is 1. The molecular weight excluding hydrogens is 285 g/mol. The van der Waals surface area contributed by atoms with Crippen LogP contribution in [-0.2, 0) is 6.18 Å². The predicted octanol–water partition coefficient (Wildman–Crippen LogP) is 4.04. The van der Waals surface area contributed by atoms with Gasteiger partial charge in [0.1, 0.15) is 4.99 Å². The topological polar surface area (TPSA) is 38.0 Å². The number of anilines is 1. The molecule has 0 fully saturated rings. The molecule has 0 spiro atoms. The van der Waals surface area contributed by atoms with Gasteiger partial charge in [-0.05, 0) is 30.0 Å². The van der Waals surface area contributed by atoms with E-state index in [-0.39, 0.29) is 10.6 Å². The van der Waals surface area contributed by atoms with Gasteiger partial charge in [0.05, 0.1) is 5.56 Å². The van der Waals surface area contributed by atoms with Crippen LogP contribution in [0.3, 0.4) is 0 Å². The molecule has 1 rings (SSSR count). The van der Waals surface area contributed by atoms with Gasteiger partial charge >= 0.3 is 6.18 Å². The van der Waals surface area contributed by atoms with Crippen molar-refractivity contribution in [3.05, 3.63) is 29.3 Å². The summed E-state index contributed by atoms with van der Waals surface area (Å²) in [6, 6.07) is 3.94. The number of rotatable bonds is 5. The van der Waals surface area contributed by atoms with Gasteiger partial charge in [0.15, 0.2) is 0 Å². The minimum absolute atomic E-state index is 0.144. The van der Waals surface area contributed by atoms with Crippen LogP contribution in [-0.4, -0.2) is 11.5 Å². The van der Waals surface area contributed by atoms with Gasteiger partial charge in [-0.1, -0.05) is 33.0 Å². The first-order chi connectivity index (χ1) is 9.12. The van der Waals surface area contributed by atoms with Crippen molar-refractivity contribution in [3.63, 3.8) is 0 Å². The van der Waals surface area contributed by atoms with Crippen molar-refractivity contribution in [2.75, 3.05) is 11.9 Å². The second kappa shape index (κ2) is 6.43. The van der Waals surface area contributed by atoms with Crippen LogP contribution in [0.1, 0.15) is 31.9 Å². The summed E-state index contributed by atoms with van der Waals surface area (Å²) < 4.78 is 38.9. The highest BCUT2D eigenvalue weighted by molar-refractivity contribution is 7.80. The molecule has 0 aliphatic carbocycles. The third-order valence-electron chi connectivity index (χ3n) is 3.36. The zero-order valence-corrected chi connectivity index (χ0v) is 12.5. The molecule has 2 nitrogen and oxygen atoms in total. The molecule has 1 unspecified atom stereocenters. The highest BCUT2D eigenvalue weighted by Crippen LogP contribution is 2.34. The summed E-state index contributed by atoms with van der Waals surface area (Å²) in [5, 5.41) is 3.02. The van der Waals surface area contributed by atoms with Gasteiger partial charge in [-0.2, -0.15) is 13.2 Å². The van der Waals surface area contributed by atoms with E-state index in [1.165, 1.54) is 6.07 Å². The van der Waals surface area contributed by atoms with Gasteiger partial charge in [-0.25, -0.2) is 0 Å². The standard InChI is InChI=1S/C14H19F3N2S/c1-8(2)9(3)7-19-10-4-5-11(13(18)20)12(6-10)14(15,16)17/h4-6,8-9,19H,7H2,1-3H3,(H2,18,20). The smallest absolute Gasteiger partial charge is 0.389 e. The van der Waals surface area contributed by atoms with E-state index in [1.807, 2.05) is 6.92 Å². The summed E-state index contributed by atoms with van der Waals surface area (Å²) in [6.45, 7) is 6.81.